The summed E-state index contributed by atoms with van der Waals surface area (Å²) in [5, 5.41) is 0.956. The van der Waals surface area contributed by atoms with Crippen molar-refractivity contribution in [1.82, 2.24) is 0 Å². The number of halogens is 1. The molecule has 112 valence electrons. The Balaban J connectivity index is 2.33. The first-order valence-electron chi connectivity index (χ1n) is 6.49. The molecule has 0 aromatic heterocycles. The maximum absolute atomic E-state index is 6.52. The summed E-state index contributed by atoms with van der Waals surface area (Å²) in [4.78, 5) is 0. The van der Waals surface area contributed by atoms with E-state index in [1.54, 1.807) is 14.2 Å². The SMILES string of the molecule is COc1ccc(C(N)C2SCCSC2C)c(OC)c1Br. The van der Waals surface area contributed by atoms with Gasteiger partial charge in [0.05, 0.1) is 14.2 Å². The molecule has 1 aromatic carbocycles. The van der Waals surface area contributed by atoms with Crippen LogP contribution >= 0.6 is 39.5 Å². The van der Waals surface area contributed by atoms with Gasteiger partial charge in [0.15, 0.2) is 0 Å². The van der Waals surface area contributed by atoms with Crippen LogP contribution in [0.5, 0.6) is 11.5 Å². The molecule has 6 heteroatoms. The zero-order valence-corrected chi connectivity index (χ0v) is 15.1. The van der Waals surface area contributed by atoms with Gasteiger partial charge in [0, 0.05) is 33.6 Å². The molecule has 0 spiro atoms. The lowest BCUT2D eigenvalue weighted by Crippen LogP contribution is -2.34. The van der Waals surface area contributed by atoms with Gasteiger partial charge in [-0.2, -0.15) is 23.5 Å². The molecule has 0 bridgehead atoms. The first-order chi connectivity index (χ1) is 9.60. The number of benzene rings is 1. The zero-order chi connectivity index (χ0) is 14.7. The van der Waals surface area contributed by atoms with Crippen molar-refractivity contribution in [2.75, 3.05) is 25.7 Å². The molecule has 2 N–H and O–H groups in total. The number of methoxy groups -OCH3 is 2. The molecule has 0 saturated carbocycles. The van der Waals surface area contributed by atoms with Crippen LogP contribution in [0, 0.1) is 0 Å². The fourth-order valence-electron chi connectivity index (χ4n) is 2.40. The third kappa shape index (κ3) is 3.24. The van der Waals surface area contributed by atoms with E-state index in [2.05, 4.69) is 22.9 Å². The van der Waals surface area contributed by atoms with Crippen LogP contribution in [0.1, 0.15) is 18.5 Å². The molecule has 3 nitrogen and oxygen atoms in total. The van der Waals surface area contributed by atoms with Crippen LogP contribution in [0.15, 0.2) is 16.6 Å². The Hall–Kier alpha value is -0.0400. The van der Waals surface area contributed by atoms with Crippen LogP contribution in [0.25, 0.3) is 0 Å². The second kappa shape index (κ2) is 7.29. The highest BCUT2D eigenvalue weighted by molar-refractivity contribution is 9.10. The lowest BCUT2D eigenvalue weighted by molar-refractivity contribution is 0.383. The average Bonchev–Trinajstić information content (AvgIpc) is 2.46. The van der Waals surface area contributed by atoms with Gasteiger partial charge in [-0.25, -0.2) is 0 Å². The van der Waals surface area contributed by atoms with Crippen LogP contribution in [0.4, 0.5) is 0 Å². The first kappa shape index (κ1) is 16.3. The summed E-state index contributed by atoms with van der Waals surface area (Å²) in [7, 11) is 3.32. The van der Waals surface area contributed by atoms with Crippen molar-refractivity contribution < 1.29 is 9.47 Å². The highest BCUT2D eigenvalue weighted by Gasteiger charge is 2.31. The minimum absolute atomic E-state index is 0.0417. The molecule has 3 unspecified atom stereocenters. The fourth-order valence-corrected chi connectivity index (χ4v) is 5.96. The largest absolute Gasteiger partial charge is 0.495 e. The Kier molecular flexibility index (Phi) is 5.95. The fraction of sp³-hybridized carbons (Fsp3) is 0.571. The summed E-state index contributed by atoms with van der Waals surface area (Å²) in [6.07, 6.45) is 0. The Bertz CT molecular complexity index is 473. The topological polar surface area (TPSA) is 44.5 Å². The quantitative estimate of drug-likeness (QED) is 0.866. The van der Waals surface area contributed by atoms with Gasteiger partial charge >= 0.3 is 0 Å². The maximum atomic E-state index is 6.52. The molecule has 1 aliphatic heterocycles. The molecule has 1 heterocycles. The summed E-state index contributed by atoms with van der Waals surface area (Å²) in [6, 6.07) is 3.91. The van der Waals surface area contributed by atoms with Gasteiger partial charge < -0.3 is 15.2 Å². The van der Waals surface area contributed by atoms with Crippen molar-refractivity contribution in [3.8, 4) is 11.5 Å². The Labute approximate surface area is 137 Å². The van der Waals surface area contributed by atoms with Crippen LogP contribution in [-0.2, 0) is 0 Å². The second-order valence-corrected chi connectivity index (χ2v) is 8.21. The molecular formula is C14H20BrNO2S2. The van der Waals surface area contributed by atoms with E-state index >= 15 is 0 Å². The second-order valence-electron chi connectivity index (χ2n) is 4.64. The van der Waals surface area contributed by atoms with Crippen molar-refractivity contribution in [3.05, 3.63) is 22.2 Å². The smallest absolute Gasteiger partial charge is 0.141 e. The Morgan fingerprint density at radius 2 is 1.95 bits per heavy atom. The number of ether oxygens (including phenoxy) is 2. The van der Waals surface area contributed by atoms with E-state index in [1.165, 1.54) is 5.75 Å². The summed E-state index contributed by atoms with van der Waals surface area (Å²) in [5.74, 6) is 3.91. The van der Waals surface area contributed by atoms with Gasteiger partial charge in [-0.3, -0.25) is 0 Å². The molecule has 2 rings (SSSR count). The minimum Gasteiger partial charge on any atom is -0.495 e. The van der Waals surface area contributed by atoms with Crippen LogP contribution in [-0.4, -0.2) is 36.2 Å². The predicted molar refractivity (Wildman–Crippen MR) is 92.3 cm³/mol. The van der Waals surface area contributed by atoms with E-state index in [-0.39, 0.29) is 6.04 Å². The summed E-state index contributed by atoms with van der Waals surface area (Å²) in [6.45, 7) is 2.26. The average molecular weight is 378 g/mol. The van der Waals surface area contributed by atoms with Crippen molar-refractivity contribution in [1.29, 1.82) is 0 Å². The van der Waals surface area contributed by atoms with E-state index in [0.29, 0.717) is 10.5 Å². The molecular weight excluding hydrogens is 358 g/mol. The third-order valence-corrected chi connectivity index (χ3v) is 7.43. The lowest BCUT2D eigenvalue weighted by Gasteiger charge is -2.33. The van der Waals surface area contributed by atoms with Crippen molar-refractivity contribution in [3.63, 3.8) is 0 Å². The third-order valence-electron chi connectivity index (χ3n) is 3.47. The van der Waals surface area contributed by atoms with E-state index < -0.39 is 0 Å². The number of nitrogens with two attached hydrogens (primary N) is 1. The Morgan fingerprint density at radius 3 is 2.55 bits per heavy atom. The van der Waals surface area contributed by atoms with Gasteiger partial charge in [0.2, 0.25) is 0 Å². The van der Waals surface area contributed by atoms with Crippen molar-refractivity contribution in [2.45, 2.75) is 23.5 Å². The summed E-state index contributed by atoms with van der Waals surface area (Å²) < 4.78 is 11.7. The van der Waals surface area contributed by atoms with Crippen LogP contribution in [0.2, 0.25) is 0 Å². The summed E-state index contributed by atoms with van der Waals surface area (Å²) >= 11 is 7.50. The number of rotatable bonds is 4. The maximum Gasteiger partial charge on any atom is 0.141 e. The predicted octanol–water partition coefficient (Wildman–Crippen LogP) is 3.70. The van der Waals surface area contributed by atoms with Crippen LogP contribution in [0.3, 0.4) is 0 Å². The lowest BCUT2D eigenvalue weighted by atomic mass is 10.0. The molecule has 20 heavy (non-hydrogen) atoms. The zero-order valence-electron chi connectivity index (χ0n) is 11.9. The highest BCUT2D eigenvalue weighted by atomic mass is 79.9. The standard InChI is InChI=1S/C14H20BrNO2S2/c1-8-14(20-7-6-19-8)12(16)9-4-5-10(17-2)11(15)13(9)18-3/h4-5,8,12,14H,6-7,16H2,1-3H3. The van der Waals surface area contributed by atoms with Gasteiger partial charge in [0.25, 0.3) is 0 Å². The monoisotopic (exact) mass is 377 g/mol. The first-order valence-corrected chi connectivity index (χ1v) is 9.38. The van der Waals surface area contributed by atoms with E-state index in [4.69, 9.17) is 15.2 Å². The molecule has 0 amide bonds. The molecule has 1 saturated heterocycles. The van der Waals surface area contributed by atoms with Gasteiger partial charge in [-0.05, 0) is 28.1 Å². The molecule has 1 aromatic rings. The number of hydrogen-bond donors (Lipinski definition) is 1. The number of hydrogen-bond acceptors (Lipinski definition) is 5. The normalized spacial score (nSPS) is 24.2. The van der Waals surface area contributed by atoms with Gasteiger partial charge in [-0.15, -0.1) is 0 Å². The Morgan fingerprint density at radius 1 is 1.25 bits per heavy atom. The molecule has 0 aliphatic carbocycles. The van der Waals surface area contributed by atoms with Crippen molar-refractivity contribution in [2.24, 2.45) is 5.73 Å². The van der Waals surface area contributed by atoms with E-state index in [9.17, 15) is 0 Å². The van der Waals surface area contributed by atoms with Crippen molar-refractivity contribution >= 4 is 39.5 Å². The molecule has 3 atom stereocenters. The molecule has 1 fully saturated rings. The minimum atomic E-state index is -0.0417. The molecule has 1 aliphatic rings. The molecule has 0 radical (unpaired) electrons. The van der Waals surface area contributed by atoms with E-state index in [1.807, 2.05) is 35.7 Å². The summed E-state index contributed by atoms with van der Waals surface area (Å²) in [5.41, 5.74) is 7.56. The van der Waals surface area contributed by atoms with Gasteiger partial charge in [0.1, 0.15) is 16.0 Å². The number of thioether (sulfide) groups is 2. The van der Waals surface area contributed by atoms with E-state index in [0.717, 1.165) is 27.3 Å². The van der Waals surface area contributed by atoms with Crippen LogP contribution < -0.4 is 15.2 Å². The van der Waals surface area contributed by atoms with Gasteiger partial charge in [-0.1, -0.05) is 6.92 Å². The highest BCUT2D eigenvalue weighted by Crippen LogP contribution is 2.44.